The predicted octanol–water partition coefficient (Wildman–Crippen LogP) is 3.87. The van der Waals surface area contributed by atoms with Crippen LogP contribution in [0.2, 0.25) is 0 Å². The first-order valence-corrected chi connectivity index (χ1v) is 7.52. The van der Waals surface area contributed by atoms with E-state index in [1.165, 1.54) is 29.8 Å². The van der Waals surface area contributed by atoms with Crippen LogP contribution in [0, 0.1) is 0 Å². The molecule has 0 aliphatic carbocycles. The molecule has 2 aromatic rings. The van der Waals surface area contributed by atoms with Crippen LogP contribution in [0.25, 0.3) is 6.08 Å². The van der Waals surface area contributed by atoms with E-state index in [9.17, 15) is 14.7 Å². The van der Waals surface area contributed by atoms with E-state index in [4.69, 9.17) is 5.11 Å². The van der Waals surface area contributed by atoms with Crippen LogP contribution < -0.4 is 5.32 Å². The van der Waals surface area contributed by atoms with Crippen molar-refractivity contribution >= 4 is 23.6 Å². The number of carboxylic acids is 1. The van der Waals surface area contributed by atoms with Crippen molar-refractivity contribution < 1.29 is 19.8 Å². The summed E-state index contributed by atoms with van der Waals surface area (Å²) >= 11 is 0. The SMILES string of the molecule is CC(C)c1ccc(C=CC(=O)Nc2ccc(O)c(C(=O)O)c2)cc1. The highest BCUT2D eigenvalue weighted by molar-refractivity contribution is 6.03. The van der Waals surface area contributed by atoms with E-state index < -0.39 is 5.97 Å². The molecule has 2 aromatic carbocycles. The number of phenols is 1. The van der Waals surface area contributed by atoms with Crippen molar-refractivity contribution in [2.75, 3.05) is 5.32 Å². The fourth-order valence-electron chi connectivity index (χ4n) is 2.13. The Balaban J connectivity index is 2.05. The second-order valence-electron chi connectivity index (χ2n) is 5.68. The molecular formula is C19H19NO4. The first kappa shape index (κ1) is 17.3. The van der Waals surface area contributed by atoms with Gasteiger partial charge in [0.1, 0.15) is 11.3 Å². The minimum atomic E-state index is -1.26. The molecule has 5 nitrogen and oxygen atoms in total. The maximum absolute atomic E-state index is 11.9. The van der Waals surface area contributed by atoms with E-state index in [1.807, 2.05) is 24.3 Å². The summed E-state index contributed by atoms with van der Waals surface area (Å²) in [6, 6.07) is 11.8. The number of aromatic carboxylic acids is 1. The second kappa shape index (κ2) is 7.46. The monoisotopic (exact) mass is 325 g/mol. The van der Waals surface area contributed by atoms with Gasteiger partial charge in [0.2, 0.25) is 5.91 Å². The van der Waals surface area contributed by atoms with Gasteiger partial charge in [-0.1, -0.05) is 38.1 Å². The summed E-state index contributed by atoms with van der Waals surface area (Å²) < 4.78 is 0. The van der Waals surface area contributed by atoms with E-state index in [1.54, 1.807) is 6.08 Å². The van der Waals surface area contributed by atoms with Gasteiger partial charge in [0.15, 0.2) is 0 Å². The third-order valence-corrected chi connectivity index (χ3v) is 3.52. The fourth-order valence-corrected chi connectivity index (χ4v) is 2.13. The maximum Gasteiger partial charge on any atom is 0.339 e. The summed E-state index contributed by atoms with van der Waals surface area (Å²) in [5, 5.41) is 21.0. The molecule has 0 fully saturated rings. The molecule has 24 heavy (non-hydrogen) atoms. The normalized spacial score (nSPS) is 11.0. The zero-order valence-electron chi connectivity index (χ0n) is 13.5. The number of anilines is 1. The number of carbonyl (C=O) groups is 2. The first-order chi connectivity index (χ1) is 11.4. The molecule has 0 atom stereocenters. The summed E-state index contributed by atoms with van der Waals surface area (Å²) in [7, 11) is 0. The van der Waals surface area contributed by atoms with Crippen LogP contribution >= 0.6 is 0 Å². The van der Waals surface area contributed by atoms with Crippen LogP contribution in [0.4, 0.5) is 5.69 Å². The Kier molecular flexibility index (Phi) is 5.37. The quantitative estimate of drug-likeness (QED) is 0.575. The largest absolute Gasteiger partial charge is 0.507 e. The van der Waals surface area contributed by atoms with E-state index >= 15 is 0 Å². The van der Waals surface area contributed by atoms with Crippen LogP contribution in [0.5, 0.6) is 5.75 Å². The van der Waals surface area contributed by atoms with Gasteiger partial charge in [-0.25, -0.2) is 4.79 Å². The topological polar surface area (TPSA) is 86.6 Å². The molecule has 0 bridgehead atoms. The number of nitrogens with one attached hydrogen (secondary N) is 1. The highest BCUT2D eigenvalue weighted by Gasteiger charge is 2.10. The summed E-state index contributed by atoms with van der Waals surface area (Å²) in [6.45, 7) is 4.22. The summed E-state index contributed by atoms with van der Waals surface area (Å²) in [5.74, 6) is -1.54. The van der Waals surface area contributed by atoms with Gasteiger partial charge in [0, 0.05) is 11.8 Å². The third-order valence-electron chi connectivity index (χ3n) is 3.52. The van der Waals surface area contributed by atoms with Crippen molar-refractivity contribution in [1.82, 2.24) is 0 Å². The zero-order valence-corrected chi connectivity index (χ0v) is 13.5. The highest BCUT2D eigenvalue weighted by atomic mass is 16.4. The summed E-state index contributed by atoms with van der Waals surface area (Å²) in [4.78, 5) is 22.9. The predicted molar refractivity (Wildman–Crippen MR) is 93.3 cm³/mol. The van der Waals surface area contributed by atoms with Gasteiger partial charge in [-0.05, 0) is 41.3 Å². The average molecular weight is 325 g/mol. The Morgan fingerprint density at radius 3 is 2.33 bits per heavy atom. The minimum Gasteiger partial charge on any atom is -0.507 e. The minimum absolute atomic E-state index is 0.263. The lowest BCUT2D eigenvalue weighted by molar-refractivity contribution is -0.111. The van der Waals surface area contributed by atoms with Gasteiger partial charge in [0.25, 0.3) is 0 Å². The van der Waals surface area contributed by atoms with Crippen LogP contribution in [-0.2, 0) is 4.79 Å². The van der Waals surface area contributed by atoms with E-state index in [0.717, 1.165) is 5.56 Å². The van der Waals surface area contributed by atoms with Crippen molar-refractivity contribution in [1.29, 1.82) is 0 Å². The summed E-state index contributed by atoms with van der Waals surface area (Å²) in [5.41, 5.74) is 2.16. The molecule has 0 saturated heterocycles. The van der Waals surface area contributed by atoms with Crippen molar-refractivity contribution in [3.05, 3.63) is 65.2 Å². The molecule has 0 spiro atoms. The van der Waals surface area contributed by atoms with Crippen molar-refractivity contribution in [2.45, 2.75) is 19.8 Å². The number of hydrogen-bond donors (Lipinski definition) is 3. The number of hydrogen-bond acceptors (Lipinski definition) is 3. The Bertz CT molecular complexity index is 776. The van der Waals surface area contributed by atoms with Crippen LogP contribution in [0.1, 0.15) is 41.3 Å². The molecule has 3 N–H and O–H groups in total. The third kappa shape index (κ3) is 4.46. The first-order valence-electron chi connectivity index (χ1n) is 7.52. The van der Waals surface area contributed by atoms with E-state index in [-0.39, 0.29) is 17.2 Å². The number of rotatable bonds is 5. The second-order valence-corrected chi connectivity index (χ2v) is 5.68. The average Bonchev–Trinajstić information content (AvgIpc) is 2.55. The van der Waals surface area contributed by atoms with Crippen LogP contribution in [0.15, 0.2) is 48.5 Å². The van der Waals surface area contributed by atoms with Gasteiger partial charge in [-0.15, -0.1) is 0 Å². The molecule has 2 rings (SSSR count). The van der Waals surface area contributed by atoms with Gasteiger partial charge in [0.05, 0.1) is 0 Å². The van der Waals surface area contributed by atoms with Gasteiger partial charge in [-0.3, -0.25) is 4.79 Å². The molecule has 0 aliphatic heterocycles. The number of carbonyl (C=O) groups excluding carboxylic acids is 1. The molecule has 1 amide bonds. The molecule has 0 aliphatic rings. The Morgan fingerprint density at radius 1 is 1.08 bits per heavy atom. The van der Waals surface area contributed by atoms with Gasteiger partial charge < -0.3 is 15.5 Å². The van der Waals surface area contributed by atoms with Crippen LogP contribution in [0.3, 0.4) is 0 Å². The molecule has 0 unspecified atom stereocenters. The number of carboxylic acid groups (broad SMARTS) is 1. The van der Waals surface area contributed by atoms with Crippen molar-refractivity contribution in [2.24, 2.45) is 0 Å². The molecule has 0 heterocycles. The lowest BCUT2D eigenvalue weighted by Gasteiger charge is -2.06. The standard InChI is InChI=1S/C19H19NO4/c1-12(2)14-6-3-13(4-7-14)5-10-18(22)20-15-8-9-17(21)16(11-15)19(23)24/h3-12,21H,1-2H3,(H,20,22)(H,23,24). The van der Waals surface area contributed by atoms with Gasteiger partial charge in [-0.2, -0.15) is 0 Å². The molecule has 0 aromatic heterocycles. The summed E-state index contributed by atoms with van der Waals surface area (Å²) in [6.07, 6.45) is 3.05. The smallest absolute Gasteiger partial charge is 0.339 e. The number of benzene rings is 2. The van der Waals surface area contributed by atoms with Crippen molar-refractivity contribution in [3.8, 4) is 5.75 Å². The van der Waals surface area contributed by atoms with E-state index in [0.29, 0.717) is 11.6 Å². The molecule has 124 valence electrons. The molecule has 0 saturated carbocycles. The molecule has 0 radical (unpaired) electrons. The number of aromatic hydroxyl groups is 1. The van der Waals surface area contributed by atoms with Crippen molar-refractivity contribution in [3.63, 3.8) is 0 Å². The maximum atomic E-state index is 11.9. The lowest BCUT2D eigenvalue weighted by atomic mass is 10.0. The Labute approximate surface area is 140 Å². The Morgan fingerprint density at radius 2 is 1.75 bits per heavy atom. The molecule has 5 heteroatoms. The highest BCUT2D eigenvalue weighted by Crippen LogP contribution is 2.21. The zero-order chi connectivity index (χ0) is 17.7. The van der Waals surface area contributed by atoms with Crippen LogP contribution in [-0.4, -0.2) is 22.1 Å². The van der Waals surface area contributed by atoms with E-state index in [2.05, 4.69) is 19.2 Å². The fraction of sp³-hybridized carbons (Fsp3) is 0.158. The Hall–Kier alpha value is -3.08. The lowest BCUT2D eigenvalue weighted by Crippen LogP contribution is -2.08. The number of amides is 1. The van der Waals surface area contributed by atoms with Gasteiger partial charge >= 0.3 is 5.97 Å². The molecular weight excluding hydrogens is 306 g/mol.